The lowest BCUT2D eigenvalue weighted by atomic mass is 10.1. The van der Waals surface area contributed by atoms with Crippen molar-refractivity contribution in [3.8, 4) is 5.75 Å². The fourth-order valence-electron chi connectivity index (χ4n) is 3.87. The number of nitrogens with one attached hydrogen (secondary N) is 1. The summed E-state index contributed by atoms with van der Waals surface area (Å²) in [5.74, 6) is 0.109. The molecular formula is C24H26FN3O4. The molecule has 0 spiro atoms. The van der Waals surface area contributed by atoms with Gasteiger partial charge in [-0.05, 0) is 63.1 Å². The Kier molecular flexibility index (Phi) is 6.23. The van der Waals surface area contributed by atoms with Gasteiger partial charge < -0.3 is 19.4 Å². The van der Waals surface area contributed by atoms with Crippen molar-refractivity contribution in [1.29, 1.82) is 0 Å². The lowest BCUT2D eigenvalue weighted by Crippen LogP contribution is -2.50. The van der Waals surface area contributed by atoms with Crippen LogP contribution in [0.25, 0.3) is 10.9 Å². The molecule has 1 atom stereocenters. The van der Waals surface area contributed by atoms with Gasteiger partial charge in [-0.2, -0.15) is 0 Å². The van der Waals surface area contributed by atoms with E-state index in [1.807, 2.05) is 6.07 Å². The van der Waals surface area contributed by atoms with E-state index in [0.29, 0.717) is 35.6 Å². The molecular weight excluding hydrogens is 413 g/mol. The van der Waals surface area contributed by atoms with Crippen LogP contribution in [0.15, 0.2) is 53.3 Å². The van der Waals surface area contributed by atoms with Crippen LogP contribution in [0.4, 0.5) is 4.39 Å². The molecule has 1 aliphatic heterocycles. The van der Waals surface area contributed by atoms with Crippen molar-refractivity contribution in [3.63, 3.8) is 0 Å². The minimum atomic E-state index is -1.23. The number of H-pyrrole nitrogens is 1. The number of aromatic amines is 1. The number of para-hydroxylation sites is 1. The van der Waals surface area contributed by atoms with Gasteiger partial charge in [-0.1, -0.05) is 12.1 Å². The van der Waals surface area contributed by atoms with E-state index in [2.05, 4.69) is 9.97 Å². The standard InChI is InChI=1S/C24H26FN3O4/c1-24(2,32-17-11-9-16(25)10-12-17)23(30)28(14-18-6-5-13-31-18)15-21-26-20-8-4-3-7-19(20)22(29)27-21/h3-4,7-12,18H,5-6,13-15H2,1-2H3,(H,26,27,29). The van der Waals surface area contributed by atoms with E-state index in [0.717, 1.165) is 12.8 Å². The predicted molar refractivity (Wildman–Crippen MR) is 118 cm³/mol. The summed E-state index contributed by atoms with van der Waals surface area (Å²) >= 11 is 0. The number of hydrogen-bond donors (Lipinski definition) is 1. The molecule has 8 heteroatoms. The largest absolute Gasteiger partial charge is 0.478 e. The highest BCUT2D eigenvalue weighted by Crippen LogP contribution is 2.23. The van der Waals surface area contributed by atoms with E-state index in [4.69, 9.17) is 9.47 Å². The maximum atomic E-state index is 13.5. The Morgan fingerprint density at radius 2 is 2.00 bits per heavy atom. The molecule has 1 N–H and O–H groups in total. The van der Waals surface area contributed by atoms with E-state index in [-0.39, 0.29) is 29.9 Å². The van der Waals surface area contributed by atoms with Gasteiger partial charge in [0.25, 0.3) is 11.5 Å². The summed E-state index contributed by atoms with van der Waals surface area (Å²) in [6, 6.07) is 12.6. The Morgan fingerprint density at radius 1 is 1.25 bits per heavy atom. The molecule has 4 rings (SSSR count). The molecule has 0 saturated carbocycles. The number of rotatable bonds is 7. The molecule has 2 heterocycles. The molecule has 168 valence electrons. The third-order valence-electron chi connectivity index (χ3n) is 5.44. The number of halogens is 1. The summed E-state index contributed by atoms with van der Waals surface area (Å²) in [4.78, 5) is 34.9. The van der Waals surface area contributed by atoms with Crippen LogP contribution in [0.2, 0.25) is 0 Å². The molecule has 1 aromatic heterocycles. The first-order valence-electron chi connectivity index (χ1n) is 10.7. The Labute approximate surface area is 185 Å². The number of nitrogens with zero attached hydrogens (tertiary/aromatic N) is 2. The highest BCUT2D eigenvalue weighted by atomic mass is 19.1. The van der Waals surface area contributed by atoms with Crippen LogP contribution in [0.5, 0.6) is 5.75 Å². The zero-order chi connectivity index (χ0) is 22.7. The van der Waals surface area contributed by atoms with Gasteiger partial charge in [0, 0.05) is 13.2 Å². The van der Waals surface area contributed by atoms with Gasteiger partial charge in [0.15, 0.2) is 5.60 Å². The molecule has 1 saturated heterocycles. The first kappa shape index (κ1) is 22.0. The Morgan fingerprint density at radius 3 is 2.72 bits per heavy atom. The van der Waals surface area contributed by atoms with Gasteiger partial charge in [-0.25, -0.2) is 9.37 Å². The third kappa shape index (κ3) is 4.96. The molecule has 1 fully saturated rings. The Hall–Kier alpha value is -3.26. The van der Waals surface area contributed by atoms with E-state index in [9.17, 15) is 14.0 Å². The summed E-state index contributed by atoms with van der Waals surface area (Å²) < 4.78 is 24.9. The van der Waals surface area contributed by atoms with Gasteiger partial charge in [-0.3, -0.25) is 9.59 Å². The van der Waals surface area contributed by atoms with Crippen LogP contribution in [0.3, 0.4) is 0 Å². The van der Waals surface area contributed by atoms with Crippen molar-refractivity contribution < 1.29 is 18.7 Å². The molecule has 2 aromatic carbocycles. The molecule has 32 heavy (non-hydrogen) atoms. The molecule has 1 unspecified atom stereocenters. The van der Waals surface area contributed by atoms with Crippen molar-refractivity contribution in [1.82, 2.24) is 14.9 Å². The number of fused-ring (bicyclic) bond motifs is 1. The normalized spacial score (nSPS) is 16.3. The average molecular weight is 439 g/mol. The first-order valence-corrected chi connectivity index (χ1v) is 10.7. The lowest BCUT2D eigenvalue weighted by molar-refractivity contribution is -0.148. The van der Waals surface area contributed by atoms with Crippen LogP contribution in [-0.2, 0) is 16.1 Å². The quantitative estimate of drug-likeness (QED) is 0.610. The van der Waals surface area contributed by atoms with Crippen LogP contribution >= 0.6 is 0 Å². The van der Waals surface area contributed by atoms with Gasteiger partial charge in [0.2, 0.25) is 0 Å². The van der Waals surface area contributed by atoms with E-state index >= 15 is 0 Å². The fourth-order valence-corrected chi connectivity index (χ4v) is 3.87. The lowest BCUT2D eigenvalue weighted by Gasteiger charge is -2.33. The highest BCUT2D eigenvalue weighted by molar-refractivity contribution is 5.85. The number of hydrogen-bond acceptors (Lipinski definition) is 5. The number of benzene rings is 2. The van der Waals surface area contributed by atoms with Gasteiger partial charge in [0.1, 0.15) is 17.4 Å². The molecule has 1 amide bonds. The summed E-state index contributed by atoms with van der Waals surface area (Å²) in [6.07, 6.45) is 1.70. The molecule has 0 bridgehead atoms. The first-order chi connectivity index (χ1) is 15.3. The van der Waals surface area contributed by atoms with Crippen LogP contribution in [-0.4, -0.2) is 45.6 Å². The van der Waals surface area contributed by atoms with Crippen molar-refractivity contribution in [2.75, 3.05) is 13.2 Å². The van der Waals surface area contributed by atoms with Crippen LogP contribution < -0.4 is 10.3 Å². The summed E-state index contributed by atoms with van der Waals surface area (Å²) in [7, 11) is 0. The number of ether oxygens (including phenoxy) is 2. The van der Waals surface area contributed by atoms with Crippen molar-refractivity contribution in [3.05, 3.63) is 70.5 Å². The van der Waals surface area contributed by atoms with E-state index in [1.54, 1.807) is 36.9 Å². The number of aromatic nitrogens is 2. The third-order valence-corrected chi connectivity index (χ3v) is 5.44. The van der Waals surface area contributed by atoms with Crippen molar-refractivity contribution in [2.24, 2.45) is 0 Å². The summed E-state index contributed by atoms with van der Waals surface area (Å²) in [5.41, 5.74) is -0.914. The van der Waals surface area contributed by atoms with E-state index < -0.39 is 5.60 Å². The minimum absolute atomic E-state index is 0.0900. The maximum absolute atomic E-state index is 13.5. The topological polar surface area (TPSA) is 84.5 Å². The summed E-state index contributed by atoms with van der Waals surface area (Å²) in [5, 5.41) is 0.494. The highest BCUT2D eigenvalue weighted by Gasteiger charge is 2.36. The SMILES string of the molecule is CC(C)(Oc1ccc(F)cc1)C(=O)N(Cc1nc2ccccc2c(=O)[nH]1)CC1CCCO1. The number of carbonyl (C=O) groups is 1. The maximum Gasteiger partial charge on any atom is 0.266 e. The monoisotopic (exact) mass is 439 g/mol. The van der Waals surface area contributed by atoms with E-state index in [1.165, 1.54) is 24.3 Å². The molecule has 1 aliphatic rings. The molecule has 7 nitrogen and oxygen atoms in total. The van der Waals surface area contributed by atoms with Crippen molar-refractivity contribution >= 4 is 16.8 Å². The fraction of sp³-hybridized carbons (Fsp3) is 0.375. The second-order valence-corrected chi connectivity index (χ2v) is 8.42. The zero-order valence-electron chi connectivity index (χ0n) is 18.1. The van der Waals surface area contributed by atoms with Crippen LogP contribution in [0, 0.1) is 5.82 Å². The second kappa shape index (κ2) is 9.08. The molecule has 3 aromatic rings. The Bertz CT molecular complexity index is 1150. The molecule has 0 aliphatic carbocycles. The van der Waals surface area contributed by atoms with Gasteiger partial charge in [-0.15, -0.1) is 0 Å². The smallest absolute Gasteiger partial charge is 0.266 e. The Balaban J connectivity index is 1.60. The van der Waals surface area contributed by atoms with Gasteiger partial charge in [0.05, 0.1) is 23.6 Å². The second-order valence-electron chi connectivity index (χ2n) is 8.42. The zero-order valence-corrected chi connectivity index (χ0v) is 18.1. The minimum Gasteiger partial charge on any atom is -0.478 e. The predicted octanol–water partition coefficient (Wildman–Crippen LogP) is 3.43. The summed E-state index contributed by atoms with van der Waals surface area (Å²) in [6.45, 7) is 4.45. The molecule has 0 radical (unpaired) electrons. The van der Waals surface area contributed by atoms with Gasteiger partial charge >= 0.3 is 0 Å². The average Bonchev–Trinajstić information content (AvgIpc) is 3.27. The van der Waals surface area contributed by atoms with Crippen LogP contribution in [0.1, 0.15) is 32.5 Å². The number of carbonyl (C=O) groups excluding carboxylic acids is 1. The van der Waals surface area contributed by atoms with Crippen molar-refractivity contribution in [2.45, 2.75) is 44.9 Å². The number of amides is 1.